The second kappa shape index (κ2) is 14.3. The van der Waals surface area contributed by atoms with Gasteiger partial charge in [0, 0.05) is 13.1 Å². The van der Waals surface area contributed by atoms with Crippen molar-refractivity contribution in [3.63, 3.8) is 0 Å². The Hall–Kier alpha value is -2.79. The van der Waals surface area contributed by atoms with E-state index in [4.69, 9.17) is 9.57 Å². The summed E-state index contributed by atoms with van der Waals surface area (Å²) in [4.78, 5) is 18.0. The van der Waals surface area contributed by atoms with Gasteiger partial charge < -0.3 is 20.1 Å². The number of hydrogen-bond acceptors (Lipinski definition) is 9. The summed E-state index contributed by atoms with van der Waals surface area (Å²) >= 11 is 0. The molecule has 0 spiro atoms. The predicted octanol–water partition coefficient (Wildman–Crippen LogP) is 1.37. The summed E-state index contributed by atoms with van der Waals surface area (Å²) in [6.07, 6.45) is 0.902. The van der Waals surface area contributed by atoms with Gasteiger partial charge in [-0.15, -0.1) is 10.3 Å². The van der Waals surface area contributed by atoms with Crippen molar-refractivity contribution in [1.82, 2.24) is 25.6 Å². The number of nitrogens with zero attached hydrogens (tertiary/aromatic N) is 4. The Morgan fingerprint density at radius 1 is 1.22 bits per heavy atom. The highest BCUT2D eigenvalue weighted by molar-refractivity contribution is 5.49. The zero-order chi connectivity index (χ0) is 23.2. The molecule has 0 saturated heterocycles. The number of nitrogens with one attached hydrogen (secondary N) is 2. The molecule has 0 aliphatic heterocycles. The van der Waals surface area contributed by atoms with Gasteiger partial charge in [-0.2, -0.15) is 5.10 Å². The van der Waals surface area contributed by atoms with Crippen LogP contribution in [0.3, 0.4) is 0 Å². The summed E-state index contributed by atoms with van der Waals surface area (Å²) < 4.78 is 5.71. The highest BCUT2D eigenvalue weighted by Crippen LogP contribution is 2.16. The topological polar surface area (TPSA) is 112 Å². The van der Waals surface area contributed by atoms with E-state index >= 15 is 0 Å². The Labute approximate surface area is 189 Å². The Morgan fingerprint density at radius 3 is 2.72 bits per heavy atom. The number of aromatic nitrogens is 2. The van der Waals surface area contributed by atoms with Crippen molar-refractivity contribution in [2.24, 2.45) is 0 Å². The molecule has 2 aromatic rings. The minimum Gasteiger partial charge on any atom is -0.491 e. The third-order valence-corrected chi connectivity index (χ3v) is 4.56. The van der Waals surface area contributed by atoms with E-state index in [1.807, 2.05) is 44.3 Å². The lowest BCUT2D eigenvalue weighted by atomic mass is 10.2. The quantitative estimate of drug-likeness (QED) is 0.200. The molecule has 0 saturated carbocycles. The Kier molecular flexibility index (Phi) is 11.4. The number of carbonyl (C=O) groups excluding carboxylic acids is 1. The van der Waals surface area contributed by atoms with Crippen molar-refractivity contribution in [3.05, 3.63) is 47.7 Å². The van der Waals surface area contributed by atoms with Gasteiger partial charge in [-0.05, 0) is 64.2 Å². The fraction of sp³-hybridized carbons (Fsp3) is 0.500. The first-order chi connectivity index (χ1) is 15.5. The molecule has 1 atom stereocenters. The lowest BCUT2D eigenvalue weighted by Crippen LogP contribution is -2.34. The number of anilines is 1. The molecule has 0 aliphatic rings. The molecule has 10 heteroatoms. The molecular weight excluding hydrogens is 412 g/mol. The minimum absolute atomic E-state index is 0.270. The van der Waals surface area contributed by atoms with Crippen LogP contribution >= 0.6 is 0 Å². The molecule has 1 amide bonds. The molecule has 1 aromatic carbocycles. The molecule has 176 valence electrons. The molecular formula is C22H34N6O4. The predicted molar refractivity (Wildman–Crippen MR) is 122 cm³/mol. The summed E-state index contributed by atoms with van der Waals surface area (Å²) in [6, 6.07) is 11.3. The maximum Gasteiger partial charge on any atom is 0.254 e. The van der Waals surface area contributed by atoms with Crippen LogP contribution < -0.4 is 15.5 Å². The Balaban J connectivity index is 1.58. The van der Waals surface area contributed by atoms with Crippen molar-refractivity contribution in [3.8, 4) is 5.75 Å². The summed E-state index contributed by atoms with van der Waals surface area (Å²) in [5, 5.41) is 22.6. The number of hydroxylamine groups is 1. The van der Waals surface area contributed by atoms with Crippen LogP contribution in [0.2, 0.25) is 0 Å². The minimum atomic E-state index is -0.548. The number of rotatable bonds is 16. The first-order valence-electron chi connectivity index (χ1n) is 10.7. The van der Waals surface area contributed by atoms with Gasteiger partial charge in [-0.1, -0.05) is 18.2 Å². The summed E-state index contributed by atoms with van der Waals surface area (Å²) in [7, 11) is 1.99. The standard InChI is InChI=1S/C22H34N6O4/c1-4-32-28(17-29)26-22-11-10-19(24-25-22)14-23-12-7-13-27(3)15-20(30)16-31-21-9-6-5-8-18(21)2/h5-6,8-11,17,20,23,30H,4,7,12-16H2,1-3H3,(H,25,26). The lowest BCUT2D eigenvalue weighted by Gasteiger charge is -2.21. The van der Waals surface area contributed by atoms with E-state index < -0.39 is 6.10 Å². The summed E-state index contributed by atoms with van der Waals surface area (Å²) in [5.41, 5.74) is 4.55. The molecule has 3 N–H and O–H groups in total. The molecule has 2 rings (SSSR count). The van der Waals surface area contributed by atoms with Crippen LogP contribution in [0, 0.1) is 6.92 Å². The van der Waals surface area contributed by atoms with Gasteiger partial charge in [0.05, 0.1) is 12.3 Å². The van der Waals surface area contributed by atoms with E-state index in [9.17, 15) is 9.90 Å². The van der Waals surface area contributed by atoms with Crippen molar-refractivity contribution in [1.29, 1.82) is 0 Å². The fourth-order valence-corrected chi connectivity index (χ4v) is 2.95. The van der Waals surface area contributed by atoms with Crippen LogP contribution in [-0.2, 0) is 16.2 Å². The summed E-state index contributed by atoms with van der Waals surface area (Å²) in [6.45, 7) is 7.19. The number of hydrazine groups is 1. The molecule has 10 nitrogen and oxygen atoms in total. The third-order valence-electron chi connectivity index (χ3n) is 4.56. The molecule has 0 radical (unpaired) electrons. The number of hydrogen-bond donors (Lipinski definition) is 3. The van der Waals surface area contributed by atoms with E-state index in [-0.39, 0.29) is 6.61 Å². The molecule has 1 aromatic heterocycles. The Morgan fingerprint density at radius 2 is 2.03 bits per heavy atom. The monoisotopic (exact) mass is 446 g/mol. The van der Waals surface area contributed by atoms with E-state index in [2.05, 4.69) is 25.8 Å². The van der Waals surface area contributed by atoms with Crippen LogP contribution in [0.15, 0.2) is 36.4 Å². The lowest BCUT2D eigenvalue weighted by molar-refractivity contribution is -0.161. The Bertz CT molecular complexity index is 792. The van der Waals surface area contributed by atoms with Crippen LogP contribution in [0.25, 0.3) is 0 Å². The number of likely N-dealkylation sites (N-methyl/N-ethyl adjacent to an activating group) is 1. The van der Waals surface area contributed by atoms with Crippen molar-refractivity contribution in [2.45, 2.75) is 32.9 Å². The number of para-hydroxylation sites is 1. The van der Waals surface area contributed by atoms with Crippen molar-refractivity contribution >= 4 is 12.2 Å². The highest BCUT2D eigenvalue weighted by atomic mass is 16.7. The van der Waals surface area contributed by atoms with E-state index in [1.165, 1.54) is 0 Å². The largest absolute Gasteiger partial charge is 0.491 e. The number of ether oxygens (including phenoxy) is 1. The van der Waals surface area contributed by atoms with Gasteiger partial charge >= 0.3 is 0 Å². The normalized spacial score (nSPS) is 11.9. The molecule has 1 heterocycles. The number of benzene rings is 1. The fourth-order valence-electron chi connectivity index (χ4n) is 2.95. The first-order valence-corrected chi connectivity index (χ1v) is 10.7. The highest BCUT2D eigenvalue weighted by Gasteiger charge is 2.10. The maximum atomic E-state index is 10.8. The van der Waals surface area contributed by atoms with Crippen LogP contribution in [-0.4, -0.2) is 77.8 Å². The van der Waals surface area contributed by atoms with Gasteiger partial charge in [-0.25, -0.2) is 0 Å². The average Bonchev–Trinajstić information content (AvgIpc) is 2.79. The van der Waals surface area contributed by atoms with E-state index in [1.54, 1.807) is 13.0 Å². The first kappa shape index (κ1) is 25.5. The second-order valence-electron chi connectivity index (χ2n) is 7.39. The number of aliphatic hydroxyl groups is 1. The van der Waals surface area contributed by atoms with E-state index in [0.717, 1.165) is 41.7 Å². The third kappa shape index (κ3) is 9.56. The van der Waals surface area contributed by atoms with E-state index in [0.29, 0.717) is 31.9 Å². The van der Waals surface area contributed by atoms with Crippen LogP contribution in [0.1, 0.15) is 24.6 Å². The van der Waals surface area contributed by atoms with Gasteiger partial charge in [0.1, 0.15) is 18.5 Å². The second-order valence-corrected chi connectivity index (χ2v) is 7.39. The van der Waals surface area contributed by atoms with Crippen molar-refractivity contribution < 1.29 is 19.5 Å². The zero-order valence-electron chi connectivity index (χ0n) is 19.0. The van der Waals surface area contributed by atoms with Gasteiger partial charge in [-0.3, -0.25) is 15.1 Å². The van der Waals surface area contributed by atoms with Crippen LogP contribution in [0.5, 0.6) is 5.75 Å². The molecule has 32 heavy (non-hydrogen) atoms. The van der Waals surface area contributed by atoms with Gasteiger partial charge in [0.2, 0.25) is 0 Å². The van der Waals surface area contributed by atoms with Crippen molar-refractivity contribution in [2.75, 3.05) is 45.3 Å². The number of carbonyl (C=O) groups is 1. The molecule has 1 unspecified atom stereocenters. The molecule has 0 bridgehead atoms. The zero-order valence-corrected chi connectivity index (χ0v) is 19.0. The van der Waals surface area contributed by atoms with Crippen LogP contribution in [0.4, 0.5) is 5.82 Å². The SMILES string of the molecule is CCON(C=O)Nc1ccc(CNCCCN(C)CC(O)COc2ccccc2C)nn1. The number of amides is 1. The van der Waals surface area contributed by atoms with Gasteiger partial charge in [0.25, 0.3) is 6.41 Å². The van der Waals surface area contributed by atoms with Gasteiger partial charge in [0.15, 0.2) is 5.82 Å². The average molecular weight is 447 g/mol. The molecule has 0 fully saturated rings. The molecule has 0 aliphatic carbocycles. The maximum absolute atomic E-state index is 10.8. The summed E-state index contributed by atoms with van der Waals surface area (Å²) in [5.74, 6) is 1.22. The number of aliphatic hydroxyl groups excluding tert-OH is 1. The number of aryl methyl sites for hydroxylation is 1. The smallest absolute Gasteiger partial charge is 0.254 e.